The van der Waals surface area contributed by atoms with E-state index in [1.54, 1.807) is 0 Å². The molecule has 0 N–H and O–H groups in total. The summed E-state index contributed by atoms with van der Waals surface area (Å²) >= 11 is 0. The topological polar surface area (TPSA) is 13.1 Å². The summed E-state index contributed by atoms with van der Waals surface area (Å²) in [5.41, 5.74) is 2.99. The lowest BCUT2D eigenvalue weighted by Gasteiger charge is -2.19. The maximum Gasteiger partial charge on any atom is 0.143 e. The second-order valence-corrected chi connectivity index (χ2v) is 11.6. The Hall–Kier alpha value is -6.18. The predicted octanol–water partition coefficient (Wildman–Crippen LogP) is 13.2. The lowest BCUT2D eigenvalue weighted by atomic mass is 9.83. The van der Waals surface area contributed by atoms with E-state index in [1.165, 1.54) is 0 Å². The fourth-order valence-electron chi connectivity index (χ4n) is 6.99. The average molecular weight is 608 g/mol. The van der Waals surface area contributed by atoms with E-state index in [9.17, 15) is 4.11 Å². The summed E-state index contributed by atoms with van der Waals surface area (Å²) in [5, 5.41) is 6.56. The van der Waals surface area contributed by atoms with Gasteiger partial charge in [-0.1, -0.05) is 139 Å². The zero-order valence-electron chi connectivity index (χ0n) is 35.7. The van der Waals surface area contributed by atoms with E-state index in [0.29, 0.717) is 21.9 Å². The highest BCUT2D eigenvalue weighted by atomic mass is 16.3. The molecule has 0 aliphatic rings. The molecule has 1 nitrogen and oxygen atoms in total. The van der Waals surface area contributed by atoms with Gasteiger partial charge in [-0.25, -0.2) is 0 Å². The van der Waals surface area contributed by atoms with Crippen LogP contribution in [-0.4, -0.2) is 0 Å². The van der Waals surface area contributed by atoms with Crippen molar-refractivity contribution in [3.05, 3.63) is 170 Å². The van der Waals surface area contributed by atoms with Gasteiger partial charge in [0.25, 0.3) is 0 Å². The molecule has 0 unspecified atom stereocenters. The normalized spacial score (nSPS) is 15.1. The Morgan fingerprint density at radius 1 is 0.404 bits per heavy atom. The van der Waals surface area contributed by atoms with Crippen molar-refractivity contribution in [1.29, 1.82) is 0 Å². The van der Waals surface area contributed by atoms with Gasteiger partial charge in [0.15, 0.2) is 0 Å². The van der Waals surface area contributed by atoms with Gasteiger partial charge in [0.1, 0.15) is 11.2 Å². The van der Waals surface area contributed by atoms with Gasteiger partial charge >= 0.3 is 0 Å². The lowest BCUT2D eigenvalue weighted by Crippen LogP contribution is -1.92. The highest BCUT2D eigenvalue weighted by Gasteiger charge is 2.20. The summed E-state index contributed by atoms with van der Waals surface area (Å²) in [7, 11) is 0. The molecule has 0 aliphatic carbocycles. The Balaban J connectivity index is 1.36. The molecule has 1 heterocycles. The van der Waals surface area contributed by atoms with Crippen molar-refractivity contribution in [1.82, 2.24) is 0 Å². The fraction of sp³-hybridized carbons (Fsp3) is 0. The summed E-state index contributed by atoms with van der Waals surface area (Å²) in [6, 6.07) is 27.2. The van der Waals surface area contributed by atoms with Crippen LogP contribution in [0.4, 0.5) is 0 Å². The Kier molecular flexibility index (Phi) is 3.79. The molecular weight excluding hydrogens is 569 g/mol. The Morgan fingerprint density at radius 3 is 1.81 bits per heavy atom. The van der Waals surface area contributed by atoms with Crippen molar-refractivity contribution in [3.8, 4) is 33.4 Å². The van der Waals surface area contributed by atoms with E-state index >= 15 is 0 Å². The van der Waals surface area contributed by atoms with Crippen LogP contribution in [0, 0.1) is 0 Å². The van der Waals surface area contributed by atoms with Crippen LogP contribution in [0.1, 0.15) is 15.1 Å². The number of hydrogen-bond acceptors (Lipinski definition) is 1. The number of hydrogen-bond donors (Lipinski definition) is 0. The Morgan fingerprint density at radius 2 is 1.04 bits per heavy atom. The molecule has 0 aliphatic heterocycles. The predicted molar refractivity (Wildman–Crippen MR) is 200 cm³/mol. The summed E-state index contributed by atoms with van der Waals surface area (Å²) in [6.07, 6.45) is 0. The highest BCUT2D eigenvalue weighted by Crippen LogP contribution is 2.47. The van der Waals surface area contributed by atoms with Crippen LogP contribution < -0.4 is 0 Å². The third-order valence-electron chi connectivity index (χ3n) is 9.02. The fourth-order valence-corrected chi connectivity index (χ4v) is 6.99. The van der Waals surface area contributed by atoms with Crippen LogP contribution in [0.3, 0.4) is 0 Å². The molecule has 0 saturated heterocycles. The van der Waals surface area contributed by atoms with Crippen LogP contribution in [0.15, 0.2) is 174 Å². The second kappa shape index (κ2) is 10.2. The van der Waals surface area contributed by atoms with Gasteiger partial charge in [-0.05, 0) is 101 Å². The molecule has 0 atom stereocenters. The minimum atomic E-state index is -0.652. The molecule has 47 heavy (non-hydrogen) atoms. The number of fused-ring (bicyclic) bond motifs is 8. The maximum atomic E-state index is 9.87. The highest BCUT2D eigenvalue weighted by molar-refractivity contribution is 6.24. The molecule has 0 fully saturated rings. The molecule has 0 radical (unpaired) electrons. The first-order valence-electron chi connectivity index (χ1n) is 20.8. The third-order valence-corrected chi connectivity index (χ3v) is 9.02. The molecule has 0 amide bonds. The zero-order valence-corrected chi connectivity index (χ0v) is 24.7. The van der Waals surface area contributed by atoms with Gasteiger partial charge in [0, 0.05) is 16.2 Å². The summed E-state index contributed by atoms with van der Waals surface area (Å²) in [6.45, 7) is 0. The van der Waals surface area contributed by atoms with Crippen molar-refractivity contribution in [2.45, 2.75) is 0 Å². The summed E-state index contributed by atoms with van der Waals surface area (Å²) in [4.78, 5) is 0. The van der Waals surface area contributed by atoms with Crippen LogP contribution in [0.25, 0.3) is 98.4 Å². The Bertz CT molecular complexity index is 3390. The number of rotatable bonds is 3. The van der Waals surface area contributed by atoms with Crippen LogP contribution in [0.2, 0.25) is 0 Å². The van der Waals surface area contributed by atoms with Gasteiger partial charge in [0.05, 0.1) is 15.1 Å². The molecule has 218 valence electrons. The lowest BCUT2D eigenvalue weighted by molar-refractivity contribution is 0.673. The van der Waals surface area contributed by atoms with Gasteiger partial charge in [-0.2, -0.15) is 0 Å². The smallest absolute Gasteiger partial charge is 0.143 e. The summed E-state index contributed by atoms with van der Waals surface area (Å²) < 4.78 is 104. The van der Waals surface area contributed by atoms with E-state index in [4.69, 9.17) is 15.4 Å². The van der Waals surface area contributed by atoms with Crippen molar-refractivity contribution in [2.75, 3.05) is 0 Å². The molecule has 1 aromatic heterocycles. The molecule has 10 aromatic rings. The van der Waals surface area contributed by atoms with E-state index < -0.39 is 72.0 Å². The quantitative estimate of drug-likeness (QED) is 0.182. The monoisotopic (exact) mass is 607 g/mol. The van der Waals surface area contributed by atoms with E-state index in [-0.39, 0.29) is 21.9 Å². The van der Waals surface area contributed by atoms with Crippen LogP contribution in [0.5, 0.6) is 0 Å². The third kappa shape index (κ3) is 3.97. The molecule has 0 bridgehead atoms. The number of benzene rings is 9. The van der Waals surface area contributed by atoms with Crippen molar-refractivity contribution in [3.63, 3.8) is 0 Å². The standard InChI is InChI=1S/C46H28O/c1-2-12-29(13-3-1)33-26-31-15-5-6-16-34(31)42(27-33)45-39-20-10-8-18-37(39)44(38-19-9-11-21-40(38)45)32-23-24-36-41-25-22-30-14-4-7-17-35(30)46(41)47-43(36)28-32/h1-28H/i1D,2D,3D,5D,6D,12D,13D,15D,16D,26D,27D. The molecule has 9 aromatic carbocycles. The average Bonchev–Trinajstić information content (AvgIpc) is 3.62. The minimum absolute atomic E-state index is 0.0541. The minimum Gasteiger partial charge on any atom is -0.455 e. The van der Waals surface area contributed by atoms with Crippen molar-refractivity contribution < 1.29 is 19.5 Å². The van der Waals surface area contributed by atoms with Gasteiger partial charge < -0.3 is 4.42 Å². The molecule has 1 heteroatoms. The maximum absolute atomic E-state index is 9.87. The summed E-state index contributed by atoms with van der Waals surface area (Å²) in [5.74, 6) is 0. The van der Waals surface area contributed by atoms with Crippen LogP contribution >= 0.6 is 0 Å². The Labute approximate surface area is 287 Å². The first-order valence-corrected chi connectivity index (χ1v) is 15.3. The van der Waals surface area contributed by atoms with E-state index in [2.05, 4.69) is 18.2 Å². The second-order valence-electron chi connectivity index (χ2n) is 11.6. The zero-order chi connectivity index (χ0) is 40.5. The largest absolute Gasteiger partial charge is 0.455 e. The van der Waals surface area contributed by atoms with Gasteiger partial charge in [0.2, 0.25) is 0 Å². The molecule has 0 spiro atoms. The number of furan rings is 1. The van der Waals surface area contributed by atoms with E-state index in [0.717, 1.165) is 49.0 Å². The first kappa shape index (κ1) is 17.5. The van der Waals surface area contributed by atoms with Crippen molar-refractivity contribution in [2.24, 2.45) is 0 Å². The van der Waals surface area contributed by atoms with Crippen LogP contribution in [-0.2, 0) is 0 Å². The van der Waals surface area contributed by atoms with E-state index in [1.807, 2.05) is 84.9 Å². The van der Waals surface area contributed by atoms with Gasteiger partial charge in [-0.15, -0.1) is 0 Å². The van der Waals surface area contributed by atoms with Crippen molar-refractivity contribution >= 4 is 65.0 Å². The molecule has 0 saturated carbocycles. The SMILES string of the molecule is [2H]c1c([2H])c([2H])c(-c2c([2H])c(-c3c4ccccc4c(-c4ccc5c(c4)oc4c6ccccc6ccc54)c4ccccc34)c3c([2H])c([2H])c([2H])c([2H])c3c2[2H])c([2H])c1[2H]. The first-order chi connectivity index (χ1) is 27.9. The molecule has 10 rings (SSSR count). The molecular formula is C46H28O. The van der Waals surface area contributed by atoms with Gasteiger partial charge in [-0.3, -0.25) is 0 Å².